The smallest absolute Gasteiger partial charge is 0.307 e. The van der Waals surface area contributed by atoms with E-state index in [0.29, 0.717) is 19.4 Å². The lowest BCUT2D eigenvalue weighted by molar-refractivity contribution is -0.159. The Balaban J connectivity index is 1.81. The number of amides is 2. The lowest BCUT2D eigenvalue weighted by atomic mass is 9.84. The normalized spacial score (nSPS) is 23.9. The summed E-state index contributed by atoms with van der Waals surface area (Å²) < 4.78 is 5.52. The maximum atomic E-state index is 14.1. The zero-order valence-electron chi connectivity index (χ0n) is 26.4. The minimum Gasteiger partial charge on any atom is -0.460 e. The molecule has 0 spiro atoms. The molecule has 42 heavy (non-hydrogen) atoms. The monoisotopic (exact) mass is 588 g/mol. The summed E-state index contributed by atoms with van der Waals surface area (Å²) in [5.74, 6) is -2.57. The van der Waals surface area contributed by atoms with Crippen molar-refractivity contribution in [1.29, 1.82) is 0 Å². The third-order valence-electron chi connectivity index (χ3n) is 8.64. The van der Waals surface area contributed by atoms with Crippen molar-refractivity contribution in [3.05, 3.63) is 11.6 Å². The molecule has 3 fully saturated rings. The first-order chi connectivity index (χ1) is 19.7. The van der Waals surface area contributed by atoms with Crippen molar-refractivity contribution in [3.63, 3.8) is 0 Å². The van der Waals surface area contributed by atoms with Crippen molar-refractivity contribution in [2.45, 2.75) is 136 Å². The zero-order chi connectivity index (χ0) is 31.2. The molecule has 0 aromatic rings. The summed E-state index contributed by atoms with van der Waals surface area (Å²) in [4.78, 5) is 67.7. The third kappa shape index (κ3) is 9.75. The van der Waals surface area contributed by atoms with E-state index in [1.54, 1.807) is 31.7 Å². The number of nitrogens with one attached hydrogen (secondary N) is 1. The molecule has 236 valence electrons. The Bertz CT molecular complexity index is 1040. The fraction of sp³-hybridized carbons (Fsp3) is 0.788. The number of carbonyl (C=O) groups excluding carboxylic acids is 5. The van der Waals surface area contributed by atoms with Gasteiger partial charge in [0.15, 0.2) is 11.6 Å². The van der Waals surface area contributed by atoms with Crippen molar-refractivity contribution in [2.24, 2.45) is 23.7 Å². The van der Waals surface area contributed by atoms with E-state index < -0.39 is 41.5 Å². The minimum absolute atomic E-state index is 0.0144. The Kier molecular flexibility index (Phi) is 11.9. The number of rotatable bonds is 15. The van der Waals surface area contributed by atoms with Gasteiger partial charge in [-0.3, -0.25) is 24.0 Å². The molecule has 1 unspecified atom stereocenters. The number of hydrogen-bond acceptors (Lipinski definition) is 7. The maximum Gasteiger partial charge on any atom is 0.307 e. The van der Waals surface area contributed by atoms with Crippen LogP contribution in [0.15, 0.2) is 11.6 Å². The van der Waals surface area contributed by atoms with Crippen molar-refractivity contribution < 1.29 is 33.8 Å². The van der Waals surface area contributed by atoms with Crippen molar-refractivity contribution in [3.8, 4) is 0 Å². The molecule has 2 N–H and O–H groups in total. The van der Waals surface area contributed by atoms with Crippen LogP contribution in [0.5, 0.6) is 0 Å². The number of hydrogen-bond donors (Lipinski definition) is 2. The van der Waals surface area contributed by atoms with Gasteiger partial charge in [0.25, 0.3) is 0 Å². The number of allylic oxidation sites excluding steroid dienone is 2. The van der Waals surface area contributed by atoms with Crippen LogP contribution in [0.3, 0.4) is 0 Å². The first kappa shape index (κ1) is 33.9. The molecule has 3 aliphatic rings. The van der Waals surface area contributed by atoms with Crippen LogP contribution in [0.2, 0.25) is 0 Å². The molecule has 6 atom stereocenters. The molecule has 1 heterocycles. The van der Waals surface area contributed by atoms with Gasteiger partial charge in [0, 0.05) is 37.3 Å². The number of fused-ring (bicyclic) bond motifs is 1. The molecule has 3 rings (SSSR count). The van der Waals surface area contributed by atoms with Gasteiger partial charge in [0.2, 0.25) is 11.8 Å². The van der Waals surface area contributed by atoms with Gasteiger partial charge < -0.3 is 20.1 Å². The number of Topliss-reactive ketones (excluding diaryl/α,β-unsaturated/α-hetero) is 1. The third-order valence-corrected chi connectivity index (χ3v) is 8.64. The van der Waals surface area contributed by atoms with Gasteiger partial charge in [0.05, 0.1) is 12.5 Å². The van der Waals surface area contributed by atoms with E-state index in [4.69, 9.17) is 4.74 Å². The zero-order valence-corrected chi connectivity index (χ0v) is 26.4. The SMILES string of the molecule is CCC[C@H](CC(=O)[C@@H]1[C@H]2CCC[C@H]2CN1C(=O)[C@H](CCC(=O)C=C(C)C)CC(=O)OC(C)(C)C)C(O)C(=O)NC1CC1. The van der Waals surface area contributed by atoms with Crippen LogP contribution in [0.1, 0.15) is 112 Å². The number of likely N-dealkylation sites (tertiary alicyclic amines) is 1. The lowest BCUT2D eigenvalue weighted by Crippen LogP contribution is -2.48. The molecule has 0 radical (unpaired) electrons. The Hall–Kier alpha value is -2.55. The summed E-state index contributed by atoms with van der Waals surface area (Å²) in [5.41, 5.74) is 0.148. The van der Waals surface area contributed by atoms with E-state index >= 15 is 0 Å². The van der Waals surface area contributed by atoms with Gasteiger partial charge in [-0.25, -0.2) is 0 Å². The first-order valence-corrected chi connectivity index (χ1v) is 15.9. The standard InChI is InChI=1S/C33H52N2O7/c1-7-9-21(30(39)31(40)34-24-13-14-24)17-27(37)29-26-11-8-10-23(26)19-35(29)32(41)22(12-15-25(36)16-20(2)3)18-28(38)42-33(4,5)6/h16,21-24,26,29-30,39H,7-15,17-19H2,1-6H3,(H,34,40)/t21-,22-,23+,26+,29+,30?/m1/s1. The molecular weight excluding hydrogens is 536 g/mol. The number of ketones is 2. The van der Waals surface area contributed by atoms with Crippen LogP contribution in [-0.2, 0) is 28.7 Å². The number of aliphatic hydroxyl groups excluding tert-OH is 1. The van der Waals surface area contributed by atoms with E-state index in [0.717, 1.165) is 37.7 Å². The number of aliphatic hydroxyl groups is 1. The van der Waals surface area contributed by atoms with Gasteiger partial charge in [-0.15, -0.1) is 0 Å². The molecule has 0 aromatic carbocycles. The highest BCUT2D eigenvalue weighted by Crippen LogP contribution is 2.44. The highest BCUT2D eigenvalue weighted by molar-refractivity contribution is 5.94. The second-order valence-electron chi connectivity index (χ2n) is 14.0. The molecule has 1 aliphatic heterocycles. The average molecular weight is 589 g/mol. The van der Waals surface area contributed by atoms with Crippen LogP contribution < -0.4 is 5.32 Å². The highest BCUT2D eigenvalue weighted by atomic mass is 16.6. The van der Waals surface area contributed by atoms with E-state index in [-0.39, 0.29) is 61.0 Å². The average Bonchev–Trinajstić information content (AvgIpc) is 3.44. The van der Waals surface area contributed by atoms with E-state index in [9.17, 15) is 29.1 Å². The molecule has 2 amide bonds. The quantitative estimate of drug-likeness (QED) is 0.216. The minimum atomic E-state index is -1.28. The number of nitrogens with zero attached hydrogens (tertiary/aromatic N) is 1. The molecule has 2 aliphatic carbocycles. The predicted molar refractivity (Wildman–Crippen MR) is 159 cm³/mol. The van der Waals surface area contributed by atoms with Crippen LogP contribution >= 0.6 is 0 Å². The van der Waals surface area contributed by atoms with Gasteiger partial charge in [-0.05, 0) is 91.1 Å². The highest BCUT2D eigenvalue weighted by Gasteiger charge is 2.50. The van der Waals surface area contributed by atoms with Crippen molar-refractivity contribution in [2.75, 3.05) is 6.54 Å². The molecule has 0 bridgehead atoms. The summed E-state index contributed by atoms with van der Waals surface area (Å²) >= 11 is 0. The second-order valence-corrected chi connectivity index (χ2v) is 14.0. The predicted octanol–water partition coefficient (Wildman–Crippen LogP) is 4.29. The van der Waals surface area contributed by atoms with Crippen LogP contribution in [0, 0.1) is 23.7 Å². The Morgan fingerprint density at radius 1 is 1.02 bits per heavy atom. The Morgan fingerprint density at radius 3 is 2.31 bits per heavy atom. The van der Waals surface area contributed by atoms with Crippen molar-refractivity contribution in [1.82, 2.24) is 10.2 Å². The fourth-order valence-corrected chi connectivity index (χ4v) is 6.64. The molecule has 9 nitrogen and oxygen atoms in total. The van der Waals surface area contributed by atoms with Gasteiger partial charge in [-0.2, -0.15) is 0 Å². The Morgan fingerprint density at radius 2 is 1.71 bits per heavy atom. The fourth-order valence-electron chi connectivity index (χ4n) is 6.64. The molecule has 0 aromatic heterocycles. The summed E-state index contributed by atoms with van der Waals surface area (Å²) in [6.45, 7) is 11.4. The maximum absolute atomic E-state index is 14.1. The number of carbonyl (C=O) groups is 5. The first-order valence-electron chi connectivity index (χ1n) is 15.9. The lowest BCUT2D eigenvalue weighted by Gasteiger charge is -2.32. The number of esters is 1. The largest absolute Gasteiger partial charge is 0.460 e. The van der Waals surface area contributed by atoms with Crippen molar-refractivity contribution >= 4 is 29.4 Å². The molecular formula is C33H52N2O7. The number of ether oxygens (including phenoxy) is 1. The van der Waals surface area contributed by atoms with E-state index in [2.05, 4.69) is 5.32 Å². The van der Waals surface area contributed by atoms with Crippen LogP contribution in [0.4, 0.5) is 0 Å². The summed E-state index contributed by atoms with van der Waals surface area (Å²) in [7, 11) is 0. The molecule has 1 saturated heterocycles. The summed E-state index contributed by atoms with van der Waals surface area (Å²) in [5, 5.41) is 13.7. The summed E-state index contributed by atoms with van der Waals surface area (Å²) in [6, 6.07) is -0.546. The Labute approximate surface area is 251 Å². The van der Waals surface area contributed by atoms with Crippen LogP contribution in [-0.4, -0.2) is 69.7 Å². The molecule has 2 saturated carbocycles. The van der Waals surface area contributed by atoms with E-state index in [1.165, 1.54) is 0 Å². The van der Waals surface area contributed by atoms with Gasteiger partial charge in [0.1, 0.15) is 11.7 Å². The summed E-state index contributed by atoms with van der Waals surface area (Å²) in [6.07, 6.45) is 6.22. The van der Waals surface area contributed by atoms with Gasteiger partial charge >= 0.3 is 5.97 Å². The second kappa shape index (κ2) is 14.8. The topological polar surface area (TPSA) is 130 Å². The molecule has 9 heteroatoms. The van der Waals surface area contributed by atoms with Gasteiger partial charge in [-0.1, -0.05) is 25.3 Å². The van der Waals surface area contributed by atoms with Crippen LogP contribution in [0.25, 0.3) is 0 Å². The van der Waals surface area contributed by atoms with E-state index in [1.807, 2.05) is 20.8 Å².